The summed E-state index contributed by atoms with van der Waals surface area (Å²) in [5.74, 6) is 1.15. The van der Waals surface area contributed by atoms with Crippen LogP contribution < -0.4 is 5.73 Å². The number of rotatable bonds is 4. The zero-order chi connectivity index (χ0) is 13.8. The third kappa shape index (κ3) is 2.75. The lowest BCUT2D eigenvalue weighted by molar-refractivity contribution is 0.370. The van der Waals surface area contributed by atoms with Crippen LogP contribution in [0.1, 0.15) is 17.5 Å². The highest BCUT2D eigenvalue weighted by molar-refractivity contribution is 5.53. The highest BCUT2D eigenvalue weighted by Crippen LogP contribution is 2.18. The zero-order valence-corrected chi connectivity index (χ0v) is 10.9. The van der Waals surface area contributed by atoms with Gasteiger partial charge in [0.2, 0.25) is 11.7 Å². The lowest BCUT2D eigenvalue weighted by Gasteiger charge is -2.08. The van der Waals surface area contributed by atoms with Gasteiger partial charge in [-0.2, -0.15) is 4.98 Å². The van der Waals surface area contributed by atoms with Crippen LogP contribution in [-0.4, -0.2) is 10.1 Å². The predicted octanol–water partition coefficient (Wildman–Crippen LogP) is 2.98. The molecule has 1 heterocycles. The zero-order valence-electron chi connectivity index (χ0n) is 10.9. The van der Waals surface area contributed by atoms with Gasteiger partial charge in [0, 0.05) is 18.0 Å². The topological polar surface area (TPSA) is 64.9 Å². The average Bonchev–Trinajstić information content (AvgIpc) is 2.97. The van der Waals surface area contributed by atoms with E-state index in [1.54, 1.807) is 0 Å². The van der Waals surface area contributed by atoms with Crippen molar-refractivity contribution in [3.05, 3.63) is 72.1 Å². The maximum atomic E-state index is 6.15. The molecule has 0 bridgehead atoms. The standard InChI is InChI=1S/C16H15N3O/c17-14(12-7-3-1-4-8-12)11-15-18-16(19-20-15)13-9-5-2-6-10-13/h1-10,14H,11,17H2/t14-/m1/s1. The summed E-state index contributed by atoms with van der Waals surface area (Å²) in [6.07, 6.45) is 0.532. The summed E-state index contributed by atoms with van der Waals surface area (Å²) in [6, 6.07) is 19.5. The smallest absolute Gasteiger partial charge is 0.228 e. The monoisotopic (exact) mass is 265 g/mol. The summed E-state index contributed by atoms with van der Waals surface area (Å²) in [4.78, 5) is 4.39. The Hall–Kier alpha value is -2.46. The first-order chi connectivity index (χ1) is 9.83. The van der Waals surface area contributed by atoms with Crippen molar-refractivity contribution in [2.75, 3.05) is 0 Å². The maximum Gasteiger partial charge on any atom is 0.228 e. The molecule has 4 heteroatoms. The Morgan fingerprint density at radius 3 is 2.30 bits per heavy atom. The number of aromatic nitrogens is 2. The molecule has 3 aromatic rings. The van der Waals surface area contributed by atoms with Crippen LogP contribution in [0.25, 0.3) is 11.4 Å². The van der Waals surface area contributed by atoms with Gasteiger partial charge in [-0.25, -0.2) is 0 Å². The molecule has 1 aromatic heterocycles. The van der Waals surface area contributed by atoms with Gasteiger partial charge in [0.15, 0.2) is 0 Å². The van der Waals surface area contributed by atoms with Gasteiger partial charge in [-0.15, -0.1) is 0 Å². The number of hydrogen-bond donors (Lipinski definition) is 1. The minimum absolute atomic E-state index is 0.139. The molecular weight excluding hydrogens is 250 g/mol. The van der Waals surface area contributed by atoms with Crippen molar-refractivity contribution in [1.82, 2.24) is 10.1 Å². The van der Waals surface area contributed by atoms with Crippen molar-refractivity contribution >= 4 is 0 Å². The van der Waals surface area contributed by atoms with Crippen LogP contribution in [0, 0.1) is 0 Å². The average molecular weight is 265 g/mol. The molecule has 1 atom stereocenters. The van der Waals surface area contributed by atoms with Crippen LogP contribution in [0.4, 0.5) is 0 Å². The van der Waals surface area contributed by atoms with Crippen LogP contribution in [0.5, 0.6) is 0 Å². The molecule has 3 rings (SSSR count). The molecule has 2 N–H and O–H groups in total. The van der Waals surface area contributed by atoms with Crippen molar-refractivity contribution in [1.29, 1.82) is 0 Å². The van der Waals surface area contributed by atoms with Crippen molar-refractivity contribution in [3.8, 4) is 11.4 Å². The van der Waals surface area contributed by atoms with Crippen LogP contribution >= 0.6 is 0 Å². The Kier molecular flexibility index (Phi) is 3.56. The first-order valence-electron chi connectivity index (χ1n) is 6.51. The van der Waals surface area contributed by atoms with E-state index in [0.717, 1.165) is 11.1 Å². The maximum absolute atomic E-state index is 6.15. The molecule has 0 aliphatic heterocycles. The molecule has 0 fully saturated rings. The van der Waals surface area contributed by atoms with E-state index in [4.69, 9.17) is 10.3 Å². The van der Waals surface area contributed by atoms with Crippen molar-refractivity contribution in [2.24, 2.45) is 5.73 Å². The summed E-state index contributed by atoms with van der Waals surface area (Å²) in [5, 5.41) is 3.99. The number of nitrogens with zero attached hydrogens (tertiary/aromatic N) is 2. The van der Waals surface area contributed by atoms with Gasteiger partial charge in [0.05, 0.1) is 0 Å². The molecule has 100 valence electrons. The van der Waals surface area contributed by atoms with Gasteiger partial charge < -0.3 is 10.3 Å². The molecule has 0 spiro atoms. The number of benzene rings is 2. The Morgan fingerprint density at radius 1 is 0.950 bits per heavy atom. The van der Waals surface area contributed by atoms with Gasteiger partial charge in [-0.05, 0) is 5.56 Å². The van der Waals surface area contributed by atoms with E-state index in [1.807, 2.05) is 60.7 Å². The van der Waals surface area contributed by atoms with Gasteiger partial charge in [-0.1, -0.05) is 65.8 Å². The Labute approximate surface area is 117 Å². The van der Waals surface area contributed by atoms with Crippen LogP contribution in [-0.2, 0) is 6.42 Å². The molecule has 20 heavy (non-hydrogen) atoms. The van der Waals surface area contributed by atoms with Gasteiger partial charge in [0.25, 0.3) is 0 Å². The number of hydrogen-bond acceptors (Lipinski definition) is 4. The normalized spacial score (nSPS) is 12.2. The minimum atomic E-state index is -0.139. The lowest BCUT2D eigenvalue weighted by atomic mass is 10.1. The summed E-state index contributed by atoms with van der Waals surface area (Å²) in [5.41, 5.74) is 8.15. The SMILES string of the molecule is N[C@H](Cc1nc(-c2ccccc2)no1)c1ccccc1. The predicted molar refractivity (Wildman–Crippen MR) is 76.8 cm³/mol. The fourth-order valence-corrected chi connectivity index (χ4v) is 2.05. The van der Waals surface area contributed by atoms with Crippen molar-refractivity contribution < 1.29 is 4.52 Å². The third-order valence-corrected chi connectivity index (χ3v) is 3.12. The second kappa shape index (κ2) is 5.67. The molecule has 0 aliphatic rings. The van der Waals surface area contributed by atoms with Crippen LogP contribution in [0.3, 0.4) is 0 Å². The Morgan fingerprint density at radius 2 is 1.60 bits per heavy atom. The summed E-state index contributed by atoms with van der Waals surface area (Å²) in [7, 11) is 0. The van der Waals surface area contributed by atoms with Gasteiger partial charge in [-0.3, -0.25) is 0 Å². The van der Waals surface area contributed by atoms with E-state index in [2.05, 4.69) is 10.1 Å². The van der Waals surface area contributed by atoms with Crippen molar-refractivity contribution in [3.63, 3.8) is 0 Å². The third-order valence-electron chi connectivity index (χ3n) is 3.12. The molecule has 2 aromatic carbocycles. The Balaban J connectivity index is 1.75. The fraction of sp³-hybridized carbons (Fsp3) is 0.125. The number of nitrogens with two attached hydrogens (primary N) is 1. The molecule has 0 radical (unpaired) electrons. The molecule has 0 aliphatic carbocycles. The van der Waals surface area contributed by atoms with E-state index >= 15 is 0 Å². The summed E-state index contributed by atoms with van der Waals surface area (Å²) >= 11 is 0. The van der Waals surface area contributed by atoms with E-state index in [1.165, 1.54) is 0 Å². The van der Waals surface area contributed by atoms with Crippen LogP contribution in [0.2, 0.25) is 0 Å². The first-order valence-corrected chi connectivity index (χ1v) is 6.51. The van der Waals surface area contributed by atoms with E-state index in [-0.39, 0.29) is 6.04 Å². The highest BCUT2D eigenvalue weighted by atomic mass is 16.5. The summed E-state index contributed by atoms with van der Waals surface area (Å²) in [6.45, 7) is 0. The molecule has 4 nitrogen and oxygen atoms in total. The first kappa shape index (κ1) is 12.6. The minimum Gasteiger partial charge on any atom is -0.339 e. The van der Waals surface area contributed by atoms with E-state index in [9.17, 15) is 0 Å². The van der Waals surface area contributed by atoms with Crippen LogP contribution in [0.15, 0.2) is 65.2 Å². The molecule has 0 saturated carbocycles. The fourth-order valence-electron chi connectivity index (χ4n) is 2.05. The molecular formula is C16H15N3O. The van der Waals surface area contributed by atoms with Gasteiger partial charge in [0.1, 0.15) is 0 Å². The molecule has 0 saturated heterocycles. The highest BCUT2D eigenvalue weighted by Gasteiger charge is 2.13. The second-order valence-corrected chi connectivity index (χ2v) is 4.60. The van der Waals surface area contributed by atoms with E-state index in [0.29, 0.717) is 18.1 Å². The summed E-state index contributed by atoms with van der Waals surface area (Å²) < 4.78 is 5.27. The second-order valence-electron chi connectivity index (χ2n) is 4.60. The Bertz CT molecular complexity index is 664. The van der Waals surface area contributed by atoms with Crippen molar-refractivity contribution in [2.45, 2.75) is 12.5 Å². The molecule has 0 unspecified atom stereocenters. The van der Waals surface area contributed by atoms with E-state index < -0.39 is 0 Å². The van der Waals surface area contributed by atoms with Gasteiger partial charge >= 0.3 is 0 Å². The molecule has 0 amide bonds. The largest absolute Gasteiger partial charge is 0.339 e. The quantitative estimate of drug-likeness (QED) is 0.787. The lowest BCUT2D eigenvalue weighted by Crippen LogP contribution is -2.13.